The molecule has 5 heteroatoms. The van der Waals surface area contributed by atoms with E-state index in [1.165, 1.54) is 0 Å². The number of H-pyrrole nitrogens is 1. The average molecular weight is 201 g/mol. The molecule has 0 aromatic carbocycles. The number of hydrogen-bond acceptors (Lipinski definition) is 3. The van der Waals surface area contributed by atoms with Gasteiger partial charge in [0.1, 0.15) is 6.61 Å². The third-order valence-electron chi connectivity index (χ3n) is 1.66. The smallest absolute Gasteiger partial charge is 0.195 e. The molecule has 1 N–H and O–H groups in total. The summed E-state index contributed by atoms with van der Waals surface area (Å²) in [5.41, 5.74) is 0. The summed E-state index contributed by atoms with van der Waals surface area (Å²) in [5, 5.41) is 6.84. The molecule has 0 atom stereocenters. The van der Waals surface area contributed by atoms with Gasteiger partial charge in [0.05, 0.1) is 0 Å². The summed E-state index contributed by atoms with van der Waals surface area (Å²) < 4.78 is 7.66. The normalized spacial score (nSPS) is 11.1. The second kappa shape index (κ2) is 4.53. The summed E-state index contributed by atoms with van der Waals surface area (Å²) in [5.74, 6) is 1.42. The van der Waals surface area contributed by atoms with Gasteiger partial charge in [0, 0.05) is 13.7 Å². The zero-order valence-electron chi connectivity index (χ0n) is 8.20. The highest BCUT2D eigenvalue weighted by Crippen LogP contribution is 2.04. The second-order valence-electron chi connectivity index (χ2n) is 3.38. The van der Waals surface area contributed by atoms with Gasteiger partial charge in [-0.1, -0.05) is 13.8 Å². The molecule has 0 fully saturated rings. The van der Waals surface area contributed by atoms with E-state index in [0.717, 1.165) is 12.4 Å². The van der Waals surface area contributed by atoms with Crippen LogP contribution < -0.4 is 0 Å². The molecular weight excluding hydrogens is 186 g/mol. The number of aromatic amines is 1. The number of methoxy groups -OCH3 is 1. The van der Waals surface area contributed by atoms with Gasteiger partial charge in [-0.3, -0.25) is 5.10 Å². The van der Waals surface area contributed by atoms with E-state index in [4.69, 9.17) is 17.0 Å². The Labute approximate surface area is 82.9 Å². The van der Waals surface area contributed by atoms with Crippen LogP contribution in [0.3, 0.4) is 0 Å². The fraction of sp³-hybridized carbons (Fsp3) is 0.750. The Kier molecular flexibility index (Phi) is 3.62. The molecule has 0 aliphatic carbocycles. The van der Waals surface area contributed by atoms with E-state index in [0.29, 0.717) is 17.3 Å². The van der Waals surface area contributed by atoms with Crippen LogP contribution in [0.15, 0.2) is 0 Å². The fourth-order valence-corrected chi connectivity index (χ4v) is 1.37. The van der Waals surface area contributed by atoms with Crippen LogP contribution in [0.4, 0.5) is 0 Å². The maximum Gasteiger partial charge on any atom is 0.195 e. The SMILES string of the molecule is COCc1n[nH]c(=S)n1CC(C)C. The molecule has 0 aliphatic heterocycles. The summed E-state index contributed by atoms with van der Waals surface area (Å²) in [6, 6.07) is 0. The van der Waals surface area contributed by atoms with Crippen LogP contribution in [0.25, 0.3) is 0 Å². The first kappa shape index (κ1) is 10.4. The van der Waals surface area contributed by atoms with Crippen LogP contribution >= 0.6 is 12.2 Å². The summed E-state index contributed by atoms with van der Waals surface area (Å²) in [7, 11) is 1.65. The van der Waals surface area contributed by atoms with Crippen molar-refractivity contribution in [3.8, 4) is 0 Å². The lowest BCUT2D eigenvalue weighted by atomic mass is 10.2. The standard InChI is InChI=1S/C8H15N3OS/c1-6(2)4-11-7(5-12-3)9-10-8(11)13/h6H,4-5H2,1-3H3,(H,10,13). The highest BCUT2D eigenvalue weighted by Gasteiger charge is 2.06. The van der Waals surface area contributed by atoms with E-state index >= 15 is 0 Å². The molecular formula is C8H15N3OS. The first-order chi connectivity index (χ1) is 6.15. The number of ether oxygens (including phenoxy) is 1. The van der Waals surface area contributed by atoms with Gasteiger partial charge in [-0.25, -0.2) is 0 Å². The molecule has 13 heavy (non-hydrogen) atoms. The number of hydrogen-bond donors (Lipinski definition) is 1. The highest BCUT2D eigenvalue weighted by atomic mass is 32.1. The van der Waals surface area contributed by atoms with Crippen LogP contribution in [0, 0.1) is 10.7 Å². The predicted octanol–water partition coefficient (Wildman–Crippen LogP) is 1.74. The lowest BCUT2D eigenvalue weighted by molar-refractivity contribution is 0.173. The van der Waals surface area contributed by atoms with Crippen molar-refractivity contribution >= 4 is 12.2 Å². The number of rotatable bonds is 4. The Hall–Kier alpha value is -0.680. The van der Waals surface area contributed by atoms with Crippen molar-refractivity contribution in [3.63, 3.8) is 0 Å². The first-order valence-corrected chi connectivity index (χ1v) is 4.69. The second-order valence-corrected chi connectivity index (χ2v) is 3.77. The average Bonchev–Trinajstić information content (AvgIpc) is 2.36. The minimum atomic E-state index is 0.500. The zero-order chi connectivity index (χ0) is 9.84. The van der Waals surface area contributed by atoms with E-state index in [9.17, 15) is 0 Å². The third-order valence-corrected chi connectivity index (χ3v) is 1.97. The topological polar surface area (TPSA) is 42.8 Å². The van der Waals surface area contributed by atoms with E-state index < -0.39 is 0 Å². The monoisotopic (exact) mass is 201 g/mol. The molecule has 0 aliphatic rings. The van der Waals surface area contributed by atoms with Crippen LogP contribution in [0.1, 0.15) is 19.7 Å². The lowest BCUT2D eigenvalue weighted by Crippen LogP contribution is -2.09. The van der Waals surface area contributed by atoms with Gasteiger partial charge in [0.2, 0.25) is 0 Å². The Morgan fingerprint density at radius 1 is 1.62 bits per heavy atom. The van der Waals surface area contributed by atoms with Crippen molar-refractivity contribution in [1.29, 1.82) is 0 Å². The summed E-state index contributed by atoms with van der Waals surface area (Å²) in [6.45, 7) is 5.67. The molecule has 0 saturated heterocycles. The van der Waals surface area contributed by atoms with Crippen molar-refractivity contribution in [2.75, 3.05) is 7.11 Å². The molecule has 4 nitrogen and oxygen atoms in total. The van der Waals surface area contributed by atoms with E-state index in [-0.39, 0.29) is 0 Å². The maximum atomic E-state index is 5.09. The van der Waals surface area contributed by atoms with Gasteiger partial charge >= 0.3 is 0 Å². The molecule has 1 rings (SSSR count). The third kappa shape index (κ3) is 2.63. The molecule has 1 aromatic heterocycles. The van der Waals surface area contributed by atoms with Crippen LogP contribution in [0.5, 0.6) is 0 Å². The van der Waals surface area contributed by atoms with Gasteiger partial charge in [-0.2, -0.15) is 5.10 Å². The first-order valence-electron chi connectivity index (χ1n) is 4.28. The Bertz CT molecular complexity index is 315. The quantitative estimate of drug-likeness (QED) is 0.755. The minimum absolute atomic E-state index is 0.500. The van der Waals surface area contributed by atoms with Crippen molar-refractivity contribution in [2.24, 2.45) is 5.92 Å². The zero-order valence-corrected chi connectivity index (χ0v) is 9.02. The molecule has 0 unspecified atom stereocenters. The predicted molar refractivity (Wildman–Crippen MR) is 53.0 cm³/mol. The van der Waals surface area contributed by atoms with Crippen molar-refractivity contribution in [2.45, 2.75) is 27.0 Å². The molecule has 1 aromatic rings. The van der Waals surface area contributed by atoms with Gasteiger partial charge in [-0.15, -0.1) is 0 Å². The molecule has 0 spiro atoms. The fourth-order valence-electron chi connectivity index (χ4n) is 1.14. The van der Waals surface area contributed by atoms with Gasteiger partial charge in [-0.05, 0) is 18.1 Å². The Morgan fingerprint density at radius 2 is 2.31 bits per heavy atom. The largest absolute Gasteiger partial charge is 0.377 e. The molecule has 1 heterocycles. The maximum absolute atomic E-state index is 5.09. The Morgan fingerprint density at radius 3 is 2.85 bits per heavy atom. The minimum Gasteiger partial charge on any atom is -0.377 e. The highest BCUT2D eigenvalue weighted by molar-refractivity contribution is 7.71. The summed E-state index contributed by atoms with van der Waals surface area (Å²) in [6.07, 6.45) is 0. The molecule has 0 saturated carbocycles. The molecule has 0 bridgehead atoms. The summed E-state index contributed by atoms with van der Waals surface area (Å²) >= 11 is 5.09. The van der Waals surface area contributed by atoms with Crippen molar-refractivity contribution < 1.29 is 4.74 Å². The van der Waals surface area contributed by atoms with Gasteiger partial charge in [0.15, 0.2) is 10.6 Å². The van der Waals surface area contributed by atoms with Gasteiger partial charge in [0.25, 0.3) is 0 Å². The summed E-state index contributed by atoms with van der Waals surface area (Å²) in [4.78, 5) is 0. The number of aromatic nitrogens is 3. The Balaban J connectivity index is 2.88. The van der Waals surface area contributed by atoms with E-state index in [2.05, 4.69) is 24.0 Å². The van der Waals surface area contributed by atoms with Crippen LogP contribution in [-0.4, -0.2) is 21.9 Å². The van der Waals surface area contributed by atoms with E-state index in [1.807, 2.05) is 4.57 Å². The van der Waals surface area contributed by atoms with Crippen molar-refractivity contribution in [1.82, 2.24) is 14.8 Å². The van der Waals surface area contributed by atoms with Gasteiger partial charge < -0.3 is 9.30 Å². The van der Waals surface area contributed by atoms with Crippen LogP contribution in [-0.2, 0) is 17.9 Å². The molecule has 74 valence electrons. The molecule has 0 radical (unpaired) electrons. The molecule has 0 amide bonds. The van der Waals surface area contributed by atoms with Crippen molar-refractivity contribution in [3.05, 3.63) is 10.6 Å². The van der Waals surface area contributed by atoms with E-state index in [1.54, 1.807) is 7.11 Å². The number of nitrogens with one attached hydrogen (secondary N) is 1. The number of nitrogens with zero attached hydrogens (tertiary/aromatic N) is 2. The lowest BCUT2D eigenvalue weighted by Gasteiger charge is -2.08. The van der Waals surface area contributed by atoms with Crippen LogP contribution in [0.2, 0.25) is 0 Å².